The van der Waals surface area contributed by atoms with Crippen molar-refractivity contribution in [2.45, 2.75) is 13.8 Å². The van der Waals surface area contributed by atoms with Gasteiger partial charge in [0, 0.05) is 29.8 Å². The summed E-state index contributed by atoms with van der Waals surface area (Å²) < 4.78 is 4.71. The fourth-order valence-electron chi connectivity index (χ4n) is 2.61. The van der Waals surface area contributed by atoms with Crippen molar-refractivity contribution in [3.05, 3.63) is 63.2 Å². The molecule has 0 bridgehead atoms. The van der Waals surface area contributed by atoms with Crippen LogP contribution in [-0.4, -0.2) is 36.7 Å². The zero-order valence-corrected chi connectivity index (χ0v) is 15.7. The van der Waals surface area contributed by atoms with Crippen LogP contribution in [0.3, 0.4) is 0 Å². The second kappa shape index (κ2) is 8.90. The number of non-ortho nitro benzene ring substituents is 1. The van der Waals surface area contributed by atoms with Gasteiger partial charge in [0.2, 0.25) is 0 Å². The molecular weight excluding hydrogens is 364 g/mol. The van der Waals surface area contributed by atoms with Crippen LogP contribution in [0.4, 0.5) is 5.69 Å². The van der Waals surface area contributed by atoms with Gasteiger partial charge in [-0.3, -0.25) is 19.7 Å². The minimum Gasteiger partial charge on any atom is -0.465 e. The van der Waals surface area contributed by atoms with Crippen molar-refractivity contribution in [1.29, 1.82) is 0 Å². The molecule has 8 nitrogen and oxygen atoms in total. The third-order valence-corrected chi connectivity index (χ3v) is 4.02. The zero-order chi connectivity index (χ0) is 20.8. The van der Waals surface area contributed by atoms with Crippen LogP contribution in [0.1, 0.15) is 44.9 Å². The number of nitro groups is 1. The minimum atomic E-state index is -0.769. The molecule has 2 rings (SSSR count). The lowest BCUT2D eigenvalue weighted by molar-refractivity contribution is -0.384. The van der Waals surface area contributed by atoms with Crippen LogP contribution in [0.25, 0.3) is 11.1 Å². The number of methoxy groups -OCH3 is 1. The van der Waals surface area contributed by atoms with Crippen LogP contribution in [0.2, 0.25) is 0 Å². The van der Waals surface area contributed by atoms with Gasteiger partial charge in [0.1, 0.15) is 0 Å². The molecule has 0 aliphatic heterocycles. The number of hydrogen-bond donors (Lipinski definition) is 1. The van der Waals surface area contributed by atoms with Crippen molar-refractivity contribution in [3.8, 4) is 11.1 Å². The molecule has 1 amide bonds. The monoisotopic (exact) mass is 384 g/mol. The van der Waals surface area contributed by atoms with E-state index in [0.717, 1.165) is 13.2 Å². The molecule has 0 spiro atoms. The number of rotatable bonds is 7. The number of benzene rings is 2. The van der Waals surface area contributed by atoms with Crippen molar-refractivity contribution in [2.24, 2.45) is 5.92 Å². The highest BCUT2D eigenvalue weighted by Gasteiger charge is 2.20. The van der Waals surface area contributed by atoms with E-state index in [4.69, 9.17) is 4.74 Å². The van der Waals surface area contributed by atoms with Crippen LogP contribution >= 0.6 is 0 Å². The van der Waals surface area contributed by atoms with Crippen molar-refractivity contribution in [1.82, 2.24) is 5.32 Å². The Morgan fingerprint density at radius 3 is 2.43 bits per heavy atom. The lowest BCUT2D eigenvalue weighted by Gasteiger charge is -2.12. The van der Waals surface area contributed by atoms with Crippen molar-refractivity contribution in [3.63, 3.8) is 0 Å². The number of hydrogen-bond acceptors (Lipinski definition) is 6. The minimum absolute atomic E-state index is 0.0446. The topological polar surface area (TPSA) is 116 Å². The highest BCUT2D eigenvalue weighted by molar-refractivity contribution is 6.02. The molecule has 1 N–H and O–H groups in total. The lowest BCUT2D eigenvalue weighted by Crippen LogP contribution is -2.27. The summed E-state index contributed by atoms with van der Waals surface area (Å²) in [5.41, 5.74) is 0.821. The molecule has 2 aromatic carbocycles. The van der Waals surface area contributed by atoms with Crippen LogP contribution in [-0.2, 0) is 4.74 Å². The van der Waals surface area contributed by atoms with Crippen LogP contribution in [0.5, 0.6) is 0 Å². The number of esters is 1. The summed E-state index contributed by atoms with van der Waals surface area (Å²) in [6.07, 6.45) is 0.566. The van der Waals surface area contributed by atoms with E-state index in [-0.39, 0.29) is 28.6 Å². The van der Waals surface area contributed by atoms with Crippen LogP contribution in [0, 0.1) is 16.0 Å². The summed E-state index contributed by atoms with van der Waals surface area (Å²) in [4.78, 5) is 46.3. The van der Waals surface area contributed by atoms with Crippen molar-refractivity contribution >= 4 is 23.9 Å². The van der Waals surface area contributed by atoms with Gasteiger partial charge >= 0.3 is 5.97 Å². The first-order valence-electron chi connectivity index (χ1n) is 8.53. The SMILES string of the molecule is COC(=O)c1cc([N+](=O)[O-])ccc1-c1ccc(C(=O)NCC(C)C)cc1C=O. The maximum Gasteiger partial charge on any atom is 0.338 e. The summed E-state index contributed by atoms with van der Waals surface area (Å²) in [6, 6.07) is 8.19. The summed E-state index contributed by atoms with van der Waals surface area (Å²) in [5, 5.41) is 13.8. The molecule has 0 radical (unpaired) electrons. The molecule has 0 unspecified atom stereocenters. The van der Waals surface area contributed by atoms with Gasteiger partial charge in [-0.1, -0.05) is 19.9 Å². The number of nitro benzene ring substituents is 1. The van der Waals surface area contributed by atoms with E-state index in [1.165, 1.54) is 30.3 Å². The first-order valence-corrected chi connectivity index (χ1v) is 8.53. The van der Waals surface area contributed by atoms with E-state index < -0.39 is 10.9 Å². The number of nitrogens with zero attached hydrogens (tertiary/aromatic N) is 1. The number of carbonyl (C=O) groups is 3. The molecule has 0 aliphatic rings. The third-order valence-electron chi connectivity index (χ3n) is 4.02. The second-order valence-electron chi connectivity index (χ2n) is 6.50. The van der Waals surface area contributed by atoms with Gasteiger partial charge in [0.25, 0.3) is 11.6 Å². The predicted molar refractivity (Wildman–Crippen MR) is 102 cm³/mol. The quantitative estimate of drug-likeness (QED) is 0.339. The van der Waals surface area contributed by atoms with E-state index in [1.807, 2.05) is 13.8 Å². The molecule has 0 saturated carbocycles. The third kappa shape index (κ3) is 4.59. The van der Waals surface area contributed by atoms with Crippen LogP contribution in [0.15, 0.2) is 36.4 Å². The zero-order valence-electron chi connectivity index (χ0n) is 15.7. The molecular formula is C20H20N2O6. The highest BCUT2D eigenvalue weighted by Crippen LogP contribution is 2.30. The maximum atomic E-state index is 12.2. The molecule has 28 heavy (non-hydrogen) atoms. The van der Waals surface area contributed by atoms with E-state index in [9.17, 15) is 24.5 Å². The molecule has 8 heteroatoms. The fraction of sp³-hybridized carbons (Fsp3) is 0.250. The van der Waals surface area contributed by atoms with Gasteiger partial charge in [-0.15, -0.1) is 0 Å². The van der Waals surface area contributed by atoms with Crippen molar-refractivity contribution < 1.29 is 24.0 Å². The van der Waals surface area contributed by atoms with Crippen LogP contribution < -0.4 is 5.32 Å². The summed E-state index contributed by atoms with van der Waals surface area (Å²) in [7, 11) is 1.16. The Morgan fingerprint density at radius 2 is 1.86 bits per heavy atom. The van der Waals surface area contributed by atoms with Gasteiger partial charge in [-0.25, -0.2) is 4.79 Å². The average Bonchev–Trinajstić information content (AvgIpc) is 2.70. The summed E-state index contributed by atoms with van der Waals surface area (Å²) in [5.74, 6) is -0.814. The second-order valence-corrected chi connectivity index (χ2v) is 6.50. The van der Waals surface area contributed by atoms with E-state index in [0.29, 0.717) is 29.5 Å². The maximum absolute atomic E-state index is 12.2. The largest absolute Gasteiger partial charge is 0.465 e. The number of ether oxygens (including phenoxy) is 1. The summed E-state index contributed by atoms with van der Waals surface area (Å²) in [6.45, 7) is 4.41. The Labute approximate surface area is 161 Å². The van der Waals surface area contributed by atoms with E-state index in [1.54, 1.807) is 0 Å². The number of aldehydes is 1. The highest BCUT2D eigenvalue weighted by atomic mass is 16.6. The molecule has 0 atom stereocenters. The van der Waals surface area contributed by atoms with Gasteiger partial charge in [0.15, 0.2) is 6.29 Å². The lowest BCUT2D eigenvalue weighted by atomic mass is 9.93. The first-order chi connectivity index (χ1) is 13.3. The number of carbonyl (C=O) groups excluding carboxylic acids is 3. The molecule has 0 saturated heterocycles. The van der Waals surface area contributed by atoms with Gasteiger partial charge in [0.05, 0.1) is 17.6 Å². The Bertz CT molecular complexity index is 936. The smallest absolute Gasteiger partial charge is 0.338 e. The Hall–Kier alpha value is -3.55. The Balaban J connectivity index is 2.53. The van der Waals surface area contributed by atoms with E-state index >= 15 is 0 Å². The van der Waals surface area contributed by atoms with Gasteiger partial charge in [-0.05, 0) is 35.2 Å². The standard InChI is InChI=1S/C20H20N2O6/c1-12(2)10-21-19(24)13-4-6-16(14(8-13)11-23)17-7-5-15(22(26)27)9-18(17)20(25)28-3/h4-9,11-12H,10H2,1-3H3,(H,21,24). The average molecular weight is 384 g/mol. The molecule has 0 fully saturated rings. The Kier molecular flexibility index (Phi) is 6.59. The molecule has 0 heterocycles. The fourth-order valence-corrected chi connectivity index (χ4v) is 2.61. The van der Waals surface area contributed by atoms with Crippen molar-refractivity contribution in [2.75, 3.05) is 13.7 Å². The Morgan fingerprint density at radius 1 is 1.18 bits per heavy atom. The molecule has 0 aromatic heterocycles. The first kappa shape index (κ1) is 20.8. The summed E-state index contributed by atoms with van der Waals surface area (Å²) >= 11 is 0. The molecule has 0 aliphatic carbocycles. The van der Waals surface area contributed by atoms with E-state index in [2.05, 4.69) is 5.32 Å². The predicted octanol–water partition coefficient (Wildman–Crippen LogP) is 3.25. The van der Waals surface area contributed by atoms with Gasteiger partial charge < -0.3 is 10.1 Å². The molecule has 2 aromatic rings. The number of amides is 1. The molecule has 146 valence electrons. The normalized spacial score (nSPS) is 10.4. The number of nitrogens with one attached hydrogen (secondary N) is 1. The van der Waals surface area contributed by atoms with Gasteiger partial charge in [-0.2, -0.15) is 0 Å².